The van der Waals surface area contributed by atoms with Crippen molar-refractivity contribution in [2.24, 2.45) is 0 Å². The first kappa shape index (κ1) is 20.3. The third kappa shape index (κ3) is 3.88. The molecule has 28 heavy (non-hydrogen) atoms. The van der Waals surface area contributed by atoms with E-state index >= 15 is 0 Å². The van der Waals surface area contributed by atoms with Crippen LogP contribution in [-0.4, -0.2) is 41.0 Å². The van der Waals surface area contributed by atoms with Crippen LogP contribution >= 0.6 is 11.3 Å². The Kier molecular flexibility index (Phi) is 6.01. The molecule has 0 radical (unpaired) electrons. The lowest BCUT2D eigenvalue weighted by Gasteiger charge is -2.24. The molecular formula is C22H25NO4S. The van der Waals surface area contributed by atoms with Crippen LogP contribution in [0.1, 0.15) is 41.5 Å². The van der Waals surface area contributed by atoms with E-state index in [9.17, 15) is 14.7 Å². The summed E-state index contributed by atoms with van der Waals surface area (Å²) in [6.07, 6.45) is 0.0348. The van der Waals surface area contributed by atoms with E-state index in [1.807, 2.05) is 57.3 Å². The Hall–Kier alpha value is -2.44. The van der Waals surface area contributed by atoms with E-state index in [4.69, 9.17) is 4.74 Å². The third-order valence-corrected chi connectivity index (χ3v) is 5.84. The quantitative estimate of drug-likeness (QED) is 0.449. The largest absolute Gasteiger partial charge is 0.507 e. The van der Waals surface area contributed by atoms with Crippen molar-refractivity contribution in [2.75, 3.05) is 13.2 Å². The van der Waals surface area contributed by atoms with Gasteiger partial charge in [-0.3, -0.25) is 9.59 Å². The van der Waals surface area contributed by atoms with Crippen LogP contribution in [0.2, 0.25) is 0 Å². The van der Waals surface area contributed by atoms with Crippen molar-refractivity contribution in [3.8, 4) is 0 Å². The van der Waals surface area contributed by atoms with Gasteiger partial charge in [0.05, 0.1) is 24.3 Å². The molecule has 1 aliphatic rings. The van der Waals surface area contributed by atoms with Crippen molar-refractivity contribution in [1.82, 2.24) is 4.90 Å². The summed E-state index contributed by atoms with van der Waals surface area (Å²) in [4.78, 5) is 27.9. The molecule has 0 spiro atoms. The zero-order valence-electron chi connectivity index (χ0n) is 16.6. The number of ether oxygens (including phenoxy) is 1. The summed E-state index contributed by atoms with van der Waals surface area (Å²) in [7, 11) is 0. The van der Waals surface area contributed by atoms with E-state index in [0.29, 0.717) is 12.2 Å². The standard InChI is InChI=1S/C22H25NO4S/c1-13(2)27-10-9-23-19(17-6-5-11-28-17)18(21(25)22(23)26)20(24)16-8-7-14(3)15(4)12-16/h5-8,11-13,19,24H,9-10H2,1-4H3/b20-18-. The third-order valence-electron chi connectivity index (χ3n) is 4.92. The van der Waals surface area contributed by atoms with E-state index in [1.54, 1.807) is 6.07 Å². The number of aliphatic hydroxyl groups is 1. The zero-order valence-corrected chi connectivity index (χ0v) is 17.4. The van der Waals surface area contributed by atoms with Gasteiger partial charge in [-0.2, -0.15) is 0 Å². The van der Waals surface area contributed by atoms with Gasteiger partial charge in [-0.15, -0.1) is 11.3 Å². The van der Waals surface area contributed by atoms with Crippen LogP contribution in [-0.2, 0) is 14.3 Å². The molecule has 1 atom stereocenters. The number of Topliss-reactive ketones (excluding diaryl/α,β-unsaturated/α-hetero) is 1. The normalized spacial score (nSPS) is 19.0. The number of ketones is 1. The summed E-state index contributed by atoms with van der Waals surface area (Å²) >= 11 is 1.46. The van der Waals surface area contributed by atoms with Crippen LogP contribution in [0, 0.1) is 13.8 Å². The molecule has 3 rings (SSSR count). The molecule has 1 unspecified atom stereocenters. The Labute approximate surface area is 169 Å². The number of benzene rings is 1. The monoisotopic (exact) mass is 399 g/mol. The zero-order chi connectivity index (χ0) is 20.4. The highest BCUT2D eigenvalue weighted by Crippen LogP contribution is 2.41. The molecule has 1 saturated heterocycles. The molecular weight excluding hydrogens is 374 g/mol. The molecule has 1 aliphatic heterocycles. The SMILES string of the molecule is Cc1ccc(/C(O)=C2/C(=O)C(=O)N(CCOC(C)C)C2c2cccs2)cc1C. The molecule has 1 fully saturated rings. The minimum atomic E-state index is -0.654. The van der Waals surface area contributed by atoms with Crippen molar-refractivity contribution >= 4 is 28.8 Å². The van der Waals surface area contributed by atoms with Gasteiger partial charge in [-0.1, -0.05) is 18.2 Å². The van der Waals surface area contributed by atoms with Crippen molar-refractivity contribution in [3.05, 3.63) is 62.9 Å². The minimum absolute atomic E-state index is 0.0348. The average molecular weight is 400 g/mol. The van der Waals surface area contributed by atoms with Gasteiger partial charge in [-0.05, 0) is 56.3 Å². The number of hydrogen-bond donors (Lipinski definition) is 1. The molecule has 5 nitrogen and oxygen atoms in total. The second kappa shape index (κ2) is 8.29. The van der Waals surface area contributed by atoms with Crippen LogP contribution in [0.4, 0.5) is 0 Å². The maximum absolute atomic E-state index is 12.8. The number of aliphatic hydroxyl groups excluding tert-OH is 1. The predicted octanol–water partition coefficient (Wildman–Crippen LogP) is 4.21. The molecule has 148 valence electrons. The number of hydrogen-bond acceptors (Lipinski definition) is 5. The minimum Gasteiger partial charge on any atom is -0.507 e. The van der Waals surface area contributed by atoms with E-state index < -0.39 is 17.7 Å². The first-order valence-electron chi connectivity index (χ1n) is 9.32. The topological polar surface area (TPSA) is 66.8 Å². The second-order valence-corrected chi connectivity index (χ2v) is 8.21. The average Bonchev–Trinajstić information content (AvgIpc) is 3.25. The summed E-state index contributed by atoms with van der Waals surface area (Å²) in [5.41, 5.74) is 2.79. The van der Waals surface area contributed by atoms with Crippen molar-refractivity contribution in [3.63, 3.8) is 0 Å². The number of carbonyl (C=O) groups excluding carboxylic acids is 2. The van der Waals surface area contributed by atoms with Crippen molar-refractivity contribution in [1.29, 1.82) is 0 Å². The van der Waals surface area contributed by atoms with Gasteiger partial charge in [0, 0.05) is 17.0 Å². The van der Waals surface area contributed by atoms with Gasteiger partial charge < -0.3 is 14.7 Å². The Morgan fingerprint density at radius 3 is 2.57 bits per heavy atom. The predicted molar refractivity (Wildman–Crippen MR) is 110 cm³/mol. The number of amides is 1. The first-order valence-corrected chi connectivity index (χ1v) is 10.2. The first-order chi connectivity index (χ1) is 13.3. The highest BCUT2D eigenvalue weighted by molar-refractivity contribution is 7.10. The Morgan fingerprint density at radius 2 is 1.96 bits per heavy atom. The lowest BCUT2D eigenvalue weighted by atomic mass is 9.98. The van der Waals surface area contributed by atoms with Crippen molar-refractivity contribution < 1.29 is 19.4 Å². The Morgan fingerprint density at radius 1 is 1.21 bits per heavy atom. The highest BCUT2D eigenvalue weighted by atomic mass is 32.1. The van der Waals surface area contributed by atoms with Crippen LogP contribution in [0.25, 0.3) is 5.76 Å². The lowest BCUT2D eigenvalue weighted by molar-refractivity contribution is -0.140. The molecule has 6 heteroatoms. The number of rotatable bonds is 6. The number of likely N-dealkylation sites (tertiary alicyclic amines) is 1. The van der Waals surface area contributed by atoms with Gasteiger partial charge in [0.1, 0.15) is 5.76 Å². The van der Waals surface area contributed by atoms with Gasteiger partial charge in [-0.25, -0.2) is 0 Å². The van der Waals surface area contributed by atoms with Gasteiger partial charge in [0.15, 0.2) is 0 Å². The maximum Gasteiger partial charge on any atom is 0.295 e. The van der Waals surface area contributed by atoms with Crippen LogP contribution < -0.4 is 0 Å². The smallest absolute Gasteiger partial charge is 0.295 e. The highest BCUT2D eigenvalue weighted by Gasteiger charge is 2.46. The Balaban J connectivity index is 2.05. The molecule has 1 amide bonds. The molecule has 0 bridgehead atoms. The number of carbonyl (C=O) groups is 2. The molecule has 2 aromatic rings. The fourth-order valence-corrected chi connectivity index (χ4v) is 4.13. The molecule has 1 aromatic heterocycles. The molecule has 2 heterocycles. The molecule has 1 N–H and O–H groups in total. The van der Waals surface area contributed by atoms with Crippen LogP contribution in [0.15, 0.2) is 41.3 Å². The number of nitrogens with zero attached hydrogens (tertiary/aromatic N) is 1. The molecule has 0 saturated carbocycles. The summed E-state index contributed by atoms with van der Waals surface area (Å²) in [5, 5.41) is 12.9. The summed E-state index contributed by atoms with van der Waals surface area (Å²) in [5.74, 6) is -1.39. The lowest BCUT2D eigenvalue weighted by Crippen LogP contribution is -2.33. The fraction of sp³-hybridized carbons (Fsp3) is 0.364. The molecule has 1 aromatic carbocycles. The van der Waals surface area contributed by atoms with Crippen LogP contribution in [0.3, 0.4) is 0 Å². The van der Waals surface area contributed by atoms with Crippen LogP contribution in [0.5, 0.6) is 0 Å². The van der Waals surface area contributed by atoms with Gasteiger partial charge in [0.2, 0.25) is 0 Å². The number of thiophene rings is 1. The van der Waals surface area contributed by atoms with Gasteiger partial charge >= 0.3 is 0 Å². The van der Waals surface area contributed by atoms with Crippen molar-refractivity contribution in [2.45, 2.75) is 39.8 Å². The second-order valence-electron chi connectivity index (χ2n) is 7.23. The summed E-state index contributed by atoms with van der Waals surface area (Å²) in [6, 6.07) is 8.67. The van der Waals surface area contributed by atoms with Gasteiger partial charge in [0.25, 0.3) is 11.7 Å². The maximum atomic E-state index is 12.8. The Bertz CT molecular complexity index is 915. The number of aryl methyl sites for hydroxylation is 2. The van der Waals surface area contributed by atoms with E-state index in [-0.39, 0.29) is 24.0 Å². The summed E-state index contributed by atoms with van der Waals surface area (Å²) < 4.78 is 5.58. The summed E-state index contributed by atoms with van der Waals surface area (Å²) in [6.45, 7) is 8.39. The fourth-order valence-electron chi connectivity index (χ4n) is 3.28. The van der Waals surface area contributed by atoms with E-state index in [0.717, 1.165) is 16.0 Å². The molecule has 0 aliphatic carbocycles. The van der Waals surface area contributed by atoms with E-state index in [2.05, 4.69) is 0 Å². The van der Waals surface area contributed by atoms with E-state index in [1.165, 1.54) is 16.2 Å².